The van der Waals surface area contributed by atoms with Gasteiger partial charge in [-0.3, -0.25) is 4.57 Å². The molecule has 1 aliphatic carbocycles. The fraction of sp³-hybridized carbons (Fsp3) is 0.692. The first-order chi connectivity index (χ1) is 8.96. The summed E-state index contributed by atoms with van der Waals surface area (Å²) in [6.07, 6.45) is 10.1. The second-order valence-corrected chi connectivity index (χ2v) is 7.12. The van der Waals surface area contributed by atoms with E-state index in [2.05, 4.69) is 17.7 Å². The summed E-state index contributed by atoms with van der Waals surface area (Å²) in [6, 6.07) is 0. The predicted octanol–water partition coefficient (Wildman–Crippen LogP) is 3.39. The molecule has 6 heteroatoms. The van der Waals surface area contributed by atoms with Gasteiger partial charge in [0, 0.05) is 18.3 Å². The monoisotopic (exact) mass is 287 g/mol. The minimum absolute atomic E-state index is 0.455. The molecular formula is C13H22NO4P. The van der Waals surface area contributed by atoms with Crippen LogP contribution in [0.15, 0.2) is 23.4 Å². The van der Waals surface area contributed by atoms with Crippen LogP contribution in [0.1, 0.15) is 39.0 Å². The van der Waals surface area contributed by atoms with Gasteiger partial charge in [-0.05, 0) is 25.8 Å². The van der Waals surface area contributed by atoms with Crippen LogP contribution in [0.4, 0.5) is 0 Å². The highest BCUT2D eigenvalue weighted by atomic mass is 31.2. The molecule has 1 saturated carbocycles. The molecule has 0 aromatic rings. The number of allylic oxidation sites excluding steroid dienone is 3. The lowest BCUT2D eigenvalue weighted by molar-refractivity contribution is -0.357. The van der Waals surface area contributed by atoms with Gasteiger partial charge in [0.2, 0.25) is 0 Å². The van der Waals surface area contributed by atoms with E-state index in [1.165, 1.54) is 24.8 Å². The van der Waals surface area contributed by atoms with Crippen molar-refractivity contribution in [1.82, 2.24) is 5.06 Å². The largest absolute Gasteiger partial charge is 0.355 e. The van der Waals surface area contributed by atoms with Gasteiger partial charge in [0.05, 0.1) is 6.54 Å². The smallest absolute Gasteiger partial charge is 0.323 e. The van der Waals surface area contributed by atoms with Crippen molar-refractivity contribution in [3.63, 3.8) is 0 Å². The van der Waals surface area contributed by atoms with Gasteiger partial charge in [0.15, 0.2) is 0 Å². The molecule has 19 heavy (non-hydrogen) atoms. The van der Waals surface area contributed by atoms with E-state index in [4.69, 9.17) is 9.88 Å². The van der Waals surface area contributed by atoms with E-state index in [-0.39, 0.29) is 0 Å². The predicted molar refractivity (Wildman–Crippen MR) is 73.0 cm³/mol. The third kappa shape index (κ3) is 4.46. The van der Waals surface area contributed by atoms with Crippen molar-refractivity contribution >= 4 is 7.60 Å². The molecule has 0 aromatic heterocycles. The maximum Gasteiger partial charge on any atom is 0.355 e. The molecule has 1 N–H and O–H groups in total. The Morgan fingerprint density at radius 2 is 2.05 bits per heavy atom. The molecule has 1 aliphatic heterocycles. The fourth-order valence-electron chi connectivity index (χ4n) is 2.59. The molecule has 0 aromatic carbocycles. The standard InChI is InChI=1S/C13H22NO4P/c1-11-8-9-14(17-18-19(2,15)16)13(10-11)12-6-4-3-5-7-12/h8,10,12H,3-7,9H2,1-2H3,(H,15,16). The Hall–Kier alpha value is -0.610. The summed E-state index contributed by atoms with van der Waals surface area (Å²) in [5, 5.41) is 1.59. The Labute approximate surface area is 114 Å². The van der Waals surface area contributed by atoms with Gasteiger partial charge in [-0.1, -0.05) is 30.9 Å². The molecule has 0 bridgehead atoms. The first-order valence-electron chi connectivity index (χ1n) is 6.78. The van der Waals surface area contributed by atoms with Gasteiger partial charge < -0.3 is 4.89 Å². The molecular weight excluding hydrogens is 265 g/mol. The van der Waals surface area contributed by atoms with Gasteiger partial charge in [0.25, 0.3) is 0 Å². The highest BCUT2D eigenvalue weighted by Gasteiger charge is 2.26. The normalized spacial score (nSPS) is 24.7. The molecule has 1 fully saturated rings. The van der Waals surface area contributed by atoms with E-state index in [0.29, 0.717) is 12.5 Å². The highest BCUT2D eigenvalue weighted by molar-refractivity contribution is 7.51. The zero-order valence-corrected chi connectivity index (χ0v) is 12.4. The lowest BCUT2D eigenvalue weighted by Crippen LogP contribution is -2.31. The number of rotatable bonds is 4. The second kappa shape index (κ2) is 6.23. The highest BCUT2D eigenvalue weighted by Crippen LogP contribution is 2.39. The summed E-state index contributed by atoms with van der Waals surface area (Å²) in [6.45, 7) is 3.72. The quantitative estimate of drug-likeness (QED) is 0.488. The van der Waals surface area contributed by atoms with Gasteiger partial charge in [-0.15, -0.1) is 9.66 Å². The Bertz CT molecular complexity index is 420. The molecule has 0 amide bonds. The van der Waals surface area contributed by atoms with Crippen LogP contribution in [0, 0.1) is 5.92 Å². The molecule has 1 atom stereocenters. The van der Waals surface area contributed by atoms with E-state index in [9.17, 15) is 4.57 Å². The molecule has 1 unspecified atom stereocenters. The second-order valence-electron chi connectivity index (χ2n) is 5.37. The van der Waals surface area contributed by atoms with Crippen LogP contribution >= 0.6 is 7.60 Å². The maximum absolute atomic E-state index is 11.2. The summed E-state index contributed by atoms with van der Waals surface area (Å²) < 4.78 is 15.7. The number of hydrogen-bond acceptors (Lipinski definition) is 4. The minimum Gasteiger partial charge on any atom is -0.323 e. The van der Waals surface area contributed by atoms with E-state index in [0.717, 1.165) is 25.2 Å². The molecule has 0 radical (unpaired) electrons. The summed E-state index contributed by atoms with van der Waals surface area (Å²) in [4.78, 5) is 14.2. The fourth-order valence-corrected chi connectivity index (χ4v) is 2.80. The third-order valence-electron chi connectivity index (χ3n) is 3.53. The van der Waals surface area contributed by atoms with E-state index in [1.54, 1.807) is 5.06 Å². The van der Waals surface area contributed by atoms with Gasteiger partial charge in [-0.25, -0.2) is 5.06 Å². The molecule has 2 rings (SSSR count). The third-order valence-corrected chi connectivity index (χ3v) is 3.87. The average Bonchev–Trinajstić information content (AvgIpc) is 2.37. The maximum atomic E-state index is 11.2. The average molecular weight is 287 g/mol. The zero-order valence-electron chi connectivity index (χ0n) is 11.5. The molecule has 5 nitrogen and oxygen atoms in total. The van der Waals surface area contributed by atoms with Crippen molar-refractivity contribution in [3.05, 3.63) is 23.4 Å². The van der Waals surface area contributed by atoms with E-state index < -0.39 is 7.60 Å². The summed E-state index contributed by atoms with van der Waals surface area (Å²) in [5.41, 5.74) is 2.26. The first kappa shape index (κ1) is 14.8. The van der Waals surface area contributed by atoms with Gasteiger partial charge in [-0.2, -0.15) is 0 Å². The van der Waals surface area contributed by atoms with Crippen molar-refractivity contribution in [3.8, 4) is 0 Å². The van der Waals surface area contributed by atoms with Crippen molar-refractivity contribution in [2.75, 3.05) is 13.2 Å². The van der Waals surface area contributed by atoms with Gasteiger partial charge >= 0.3 is 7.60 Å². The van der Waals surface area contributed by atoms with Crippen LogP contribution in [-0.2, 0) is 14.2 Å². The van der Waals surface area contributed by atoms with Crippen LogP contribution in [-0.4, -0.2) is 23.2 Å². The molecule has 108 valence electrons. The van der Waals surface area contributed by atoms with Crippen LogP contribution in [0.2, 0.25) is 0 Å². The Kier molecular flexibility index (Phi) is 4.85. The lowest BCUT2D eigenvalue weighted by atomic mass is 9.85. The summed E-state index contributed by atoms with van der Waals surface area (Å²) in [5.74, 6) is 0.455. The minimum atomic E-state index is -3.63. The SMILES string of the molecule is CC1=CCN(OOP(C)(=O)O)C(C2CCCCC2)=C1. The molecule has 0 spiro atoms. The van der Waals surface area contributed by atoms with E-state index in [1.807, 2.05) is 6.08 Å². The van der Waals surface area contributed by atoms with Crippen LogP contribution in [0.5, 0.6) is 0 Å². The van der Waals surface area contributed by atoms with Gasteiger partial charge in [0.1, 0.15) is 0 Å². The molecule has 1 heterocycles. The number of hydrogen-bond donors (Lipinski definition) is 1. The Morgan fingerprint density at radius 1 is 1.37 bits per heavy atom. The van der Waals surface area contributed by atoms with E-state index >= 15 is 0 Å². The van der Waals surface area contributed by atoms with Crippen LogP contribution < -0.4 is 0 Å². The number of nitrogens with zero attached hydrogens (tertiary/aromatic N) is 1. The summed E-state index contributed by atoms with van der Waals surface area (Å²) >= 11 is 0. The Balaban J connectivity index is 2.05. The topological polar surface area (TPSA) is 59.0 Å². The van der Waals surface area contributed by atoms with Crippen molar-refractivity contribution in [2.24, 2.45) is 5.92 Å². The Morgan fingerprint density at radius 3 is 2.68 bits per heavy atom. The van der Waals surface area contributed by atoms with Crippen LogP contribution in [0.3, 0.4) is 0 Å². The molecule has 2 aliphatic rings. The van der Waals surface area contributed by atoms with Crippen molar-refractivity contribution in [1.29, 1.82) is 0 Å². The molecule has 0 saturated heterocycles. The zero-order chi connectivity index (χ0) is 13.9. The lowest BCUT2D eigenvalue weighted by Gasteiger charge is -2.33. The van der Waals surface area contributed by atoms with Crippen molar-refractivity contribution in [2.45, 2.75) is 39.0 Å². The summed E-state index contributed by atoms with van der Waals surface area (Å²) in [7, 11) is -3.63. The van der Waals surface area contributed by atoms with Crippen LogP contribution in [0.25, 0.3) is 0 Å². The number of hydroxylamine groups is 2. The van der Waals surface area contributed by atoms with Crippen molar-refractivity contribution < 1.29 is 19.1 Å². The first-order valence-corrected chi connectivity index (χ1v) is 8.81.